The third-order valence-electron chi connectivity index (χ3n) is 4.54. The number of hydrogen-bond acceptors (Lipinski definition) is 3. The van der Waals surface area contributed by atoms with Crippen LogP contribution < -0.4 is 0 Å². The van der Waals surface area contributed by atoms with Crippen LogP contribution in [0, 0.1) is 0 Å². The SMILES string of the molecule is CN1CCC(n2ccnc2-c2ccc(-c3cccnc3)cc2)C1=O. The van der Waals surface area contributed by atoms with Crippen LogP contribution in [0.1, 0.15) is 12.5 Å². The fourth-order valence-electron chi connectivity index (χ4n) is 3.20. The lowest BCUT2D eigenvalue weighted by atomic mass is 10.1. The van der Waals surface area contributed by atoms with E-state index >= 15 is 0 Å². The Morgan fingerprint density at radius 2 is 1.83 bits per heavy atom. The molecule has 120 valence electrons. The van der Waals surface area contributed by atoms with Crippen molar-refractivity contribution in [1.29, 1.82) is 0 Å². The molecule has 5 heteroatoms. The van der Waals surface area contributed by atoms with E-state index in [1.165, 1.54) is 0 Å². The molecule has 2 aromatic heterocycles. The first-order valence-corrected chi connectivity index (χ1v) is 8.03. The number of imidazole rings is 1. The number of carbonyl (C=O) groups is 1. The molecule has 1 saturated heterocycles. The molecule has 3 aromatic rings. The second kappa shape index (κ2) is 5.92. The molecule has 0 radical (unpaired) electrons. The van der Waals surface area contributed by atoms with Crippen molar-refractivity contribution in [2.45, 2.75) is 12.5 Å². The number of pyridine rings is 1. The summed E-state index contributed by atoms with van der Waals surface area (Å²) in [7, 11) is 1.85. The van der Waals surface area contributed by atoms with Gasteiger partial charge in [-0.3, -0.25) is 9.78 Å². The molecule has 0 aliphatic carbocycles. The quantitative estimate of drug-likeness (QED) is 0.746. The summed E-state index contributed by atoms with van der Waals surface area (Å²) in [5, 5.41) is 0. The van der Waals surface area contributed by atoms with Gasteiger partial charge in [0, 0.05) is 43.9 Å². The first-order chi connectivity index (χ1) is 11.7. The lowest BCUT2D eigenvalue weighted by Crippen LogP contribution is -2.24. The molecule has 1 atom stereocenters. The maximum atomic E-state index is 12.3. The average molecular weight is 318 g/mol. The summed E-state index contributed by atoms with van der Waals surface area (Å²) < 4.78 is 1.99. The monoisotopic (exact) mass is 318 g/mol. The Hall–Kier alpha value is -2.95. The summed E-state index contributed by atoms with van der Waals surface area (Å²) in [6, 6.07) is 12.0. The molecule has 0 saturated carbocycles. The summed E-state index contributed by atoms with van der Waals surface area (Å²) in [5.74, 6) is 0.989. The lowest BCUT2D eigenvalue weighted by molar-refractivity contribution is -0.129. The van der Waals surface area contributed by atoms with E-state index in [1.807, 2.05) is 48.3 Å². The molecular formula is C19H18N4O. The van der Waals surface area contributed by atoms with Gasteiger partial charge in [0.05, 0.1) is 0 Å². The van der Waals surface area contributed by atoms with E-state index in [0.29, 0.717) is 0 Å². The van der Waals surface area contributed by atoms with Gasteiger partial charge in [-0.05, 0) is 23.6 Å². The van der Waals surface area contributed by atoms with Crippen molar-refractivity contribution >= 4 is 5.91 Å². The Bertz CT molecular complexity index is 855. The minimum atomic E-state index is -0.148. The molecule has 0 spiro atoms. The summed E-state index contributed by atoms with van der Waals surface area (Å²) in [5.41, 5.74) is 3.21. The van der Waals surface area contributed by atoms with Gasteiger partial charge in [-0.1, -0.05) is 30.3 Å². The highest BCUT2D eigenvalue weighted by Crippen LogP contribution is 2.29. The van der Waals surface area contributed by atoms with Gasteiger partial charge in [0.25, 0.3) is 0 Å². The van der Waals surface area contributed by atoms with E-state index in [0.717, 1.165) is 35.5 Å². The van der Waals surface area contributed by atoms with Crippen molar-refractivity contribution in [2.75, 3.05) is 13.6 Å². The van der Waals surface area contributed by atoms with Gasteiger partial charge in [-0.2, -0.15) is 0 Å². The second-order valence-electron chi connectivity index (χ2n) is 6.04. The van der Waals surface area contributed by atoms with Crippen LogP contribution in [0.25, 0.3) is 22.5 Å². The number of nitrogens with zero attached hydrogens (tertiary/aromatic N) is 4. The normalized spacial score (nSPS) is 17.5. The first kappa shape index (κ1) is 14.6. The third-order valence-corrected chi connectivity index (χ3v) is 4.54. The van der Waals surface area contributed by atoms with E-state index in [4.69, 9.17) is 0 Å². The first-order valence-electron chi connectivity index (χ1n) is 8.03. The number of likely N-dealkylation sites (tertiary alicyclic amines) is 1. The predicted octanol–water partition coefficient (Wildman–Crippen LogP) is 3.02. The maximum Gasteiger partial charge on any atom is 0.245 e. The van der Waals surface area contributed by atoms with Crippen LogP contribution in [-0.2, 0) is 4.79 Å². The number of amides is 1. The smallest absolute Gasteiger partial charge is 0.245 e. The van der Waals surface area contributed by atoms with Crippen LogP contribution in [0.15, 0.2) is 61.2 Å². The van der Waals surface area contributed by atoms with Gasteiger partial charge in [-0.25, -0.2) is 4.98 Å². The van der Waals surface area contributed by atoms with Crippen LogP contribution in [0.3, 0.4) is 0 Å². The molecule has 1 aromatic carbocycles. The highest BCUT2D eigenvalue weighted by Gasteiger charge is 2.31. The largest absolute Gasteiger partial charge is 0.344 e. The fourth-order valence-corrected chi connectivity index (χ4v) is 3.20. The van der Waals surface area contributed by atoms with Crippen LogP contribution in [0.4, 0.5) is 0 Å². The second-order valence-corrected chi connectivity index (χ2v) is 6.04. The fraction of sp³-hybridized carbons (Fsp3) is 0.211. The van der Waals surface area contributed by atoms with Crippen molar-refractivity contribution in [1.82, 2.24) is 19.4 Å². The number of likely N-dealkylation sites (N-methyl/N-ethyl adjacent to an activating group) is 1. The average Bonchev–Trinajstić information content (AvgIpc) is 3.23. The van der Waals surface area contributed by atoms with E-state index in [2.05, 4.69) is 22.1 Å². The molecule has 3 heterocycles. The molecule has 1 amide bonds. The molecule has 1 aliphatic rings. The molecule has 4 rings (SSSR count). The molecule has 24 heavy (non-hydrogen) atoms. The zero-order valence-electron chi connectivity index (χ0n) is 13.5. The number of carbonyl (C=O) groups excluding carboxylic acids is 1. The standard InChI is InChI=1S/C19H18N4O/c1-22-11-8-17(19(22)24)23-12-10-21-18(23)15-6-4-14(5-7-15)16-3-2-9-20-13-16/h2-7,9-10,12-13,17H,8,11H2,1H3. The predicted molar refractivity (Wildman–Crippen MR) is 92.2 cm³/mol. The topological polar surface area (TPSA) is 51.0 Å². The van der Waals surface area contributed by atoms with Crippen LogP contribution in [0.2, 0.25) is 0 Å². The van der Waals surface area contributed by atoms with Gasteiger partial charge in [0.15, 0.2) is 0 Å². The molecular weight excluding hydrogens is 300 g/mol. The maximum absolute atomic E-state index is 12.3. The number of benzene rings is 1. The van der Waals surface area contributed by atoms with Crippen molar-refractivity contribution in [3.63, 3.8) is 0 Å². The van der Waals surface area contributed by atoms with Crippen LogP contribution >= 0.6 is 0 Å². The van der Waals surface area contributed by atoms with E-state index in [9.17, 15) is 4.79 Å². The minimum absolute atomic E-state index is 0.148. The summed E-state index contributed by atoms with van der Waals surface area (Å²) in [6.07, 6.45) is 8.10. The van der Waals surface area contributed by atoms with Crippen LogP contribution in [0.5, 0.6) is 0 Å². The molecule has 0 N–H and O–H groups in total. The highest BCUT2D eigenvalue weighted by atomic mass is 16.2. The molecule has 0 bridgehead atoms. The zero-order valence-corrected chi connectivity index (χ0v) is 13.5. The van der Waals surface area contributed by atoms with E-state index in [1.54, 1.807) is 17.3 Å². The Balaban J connectivity index is 1.66. The Morgan fingerprint density at radius 1 is 1.04 bits per heavy atom. The highest BCUT2D eigenvalue weighted by molar-refractivity contribution is 5.83. The van der Waals surface area contributed by atoms with Crippen LogP contribution in [-0.4, -0.2) is 38.9 Å². The van der Waals surface area contributed by atoms with E-state index in [-0.39, 0.29) is 11.9 Å². The number of aromatic nitrogens is 3. The molecule has 1 aliphatic heterocycles. The summed E-state index contributed by atoms with van der Waals surface area (Å²) in [4.78, 5) is 22.7. The van der Waals surface area contributed by atoms with Crippen molar-refractivity contribution in [3.05, 3.63) is 61.2 Å². The van der Waals surface area contributed by atoms with Crippen molar-refractivity contribution < 1.29 is 4.79 Å². The van der Waals surface area contributed by atoms with Gasteiger partial charge >= 0.3 is 0 Å². The van der Waals surface area contributed by atoms with Gasteiger partial charge in [0.1, 0.15) is 11.9 Å². The van der Waals surface area contributed by atoms with Crippen molar-refractivity contribution in [3.8, 4) is 22.5 Å². The van der Waals surface area contributed by atoms with Gasteiger partial charge < -0.3 is 9.47 Å². The zero-order chi connectivity index (χ0) is 16.5. The van der Waals surface area contributed by atoms with E-state index < -0.39 is 0 Å². The number of hydrogen-bond donors (Lipinski definition) is 0. The third kappa shape index (κ3) is 2.48. The number of rotatable bonds is 3. The lowest BCUT2D eigenvalue weighted by Gasteiger charge is -2.15. The van der Waals surface area contributed by atoms with Gasteiger partial charge in [0.2, 0.25) is 5.91 Å². The minimum Gasteiger partial charge on any atom is -0.344 e. The molecule has 1 fully saturated rings. The molecule has 5 nitrogen and oxygen atoms in total. The van der Waals surface area contributed by atoms with Crippen molar-refractivity contribution in [2.24, 2.45) is 0 Å². The summed E-state index contributed by atoms with van der Waals surface area (Å²) >= 11 is 0. The Kier molecular flexibility index (Phi) is 3.61. The van der Waals surface area contributed by atoms with Gasteiger partial charge in [-0.15, -0.1) is 0 Å². The Morgan fingerprint density at radius 3 is 2.50 bits per heavy atom. The summed E-state index contributed by atoms with van der Waals surface area (Å²) in [6.45, 7) is 0.793. The Labute approximate surface area is 140 Å². The molecule has 1 unspecified atom stereocenters.